The highest BCUT2D eigenvalue weighted by atomic mass is 32.1. The SMILES string of the molecule is Cc1ccc(Nc2nc(-c3nnn(-c4cccc(F)c4)c3C)ns2)cc1C. The summed E-state index contributed by atoms with van der Waals surface area (Å²) in [6, 6.07) is 12.4. The summed E-state index contributed by atoms with van der Waals surface area (Å²) < 4.78 is 19.5. The highest BCUT2D eigenvalue weighted by Gasteiger charge is 2.17. The van der Waals surface area contributed by atoms with Crippen molar-refractivity contribution in [3.8, 4) is 17.2 Å². The largest absolute Gasteiger partial charge is 0.330 e. The van der Waals surface area contributed by atoms with Gasteiger partial charge < -0.3 is 5.32 Å². The molecule has 0 fully saturated rings. The minimum atomic E-state index is -0.324. The summed E-state index contributed by atoms with van der Waals surface area (Å²) in [7, 11) is 0. The van der Waals surface area contributed by atoms with Crippen LogP contribution in [0.3, 0.4) is 0 Å². The van der Waals surface area contributed by atoms with E-state index in [1.807, 2.05) is 13.0 Å². The van der Waals surface area contributed by atoms with Crippen LogP contribution in [0.15, 0.2) is 42.5 Å². The number of nitrogens with zero attached hydrogens (tertiary/aromatic N) is 5. The second kappa shape index (κ2) is 6.88. The van der Waals surface area contributed by atoms with Gasteiger partial charge in [-0.3, -0.25) is 0 Å². The molecule has 0 spiro atoms. The molecular formula is C19H17FN6S. The van der Waals surface area contributed by atoms with Crippen molar-refractivity contribution in [2.24, 2.45) is 0 Å². The van der Waals surface area contributed by atoms with E-state index in [1.165, 1.54) is 34.8 Å². The van der Waals surface area contributed by atoms with Crippen molar-refractivity contribution in [2.45, 2.75) is 20.8 Å². The fourth-order valence-electron chi connectivity index (χ4n) is 2.70. The maximum atomic E-state index is 13.5. The first kappa shape index (κ1) is 17.3. The maximum Gasteiger partial charge on any atom is 0.207 e. The van der Waals surface area contributed by atoms with E-state index in [2.05, 4.69) is 51.0 Å². The van der Waals surface area contributed by atoms with Crippen LogP contribution in [0.25, 0.3) is 17.2 Å². The van der Waals surface area contributed by atoms with Gasteiger partial charge in [0.05, 0.1) is 11.4 Å². The molecule has 2 aromatic carbocycles. The number of halogens is 1. The highest BCUT2D eigenvalue weighted by molar-refractivity contribution is 7.09. The van der Waals surface area contributed by atoms with Crippen molar-refractivity contribution in [3.05, 3.63) is 65.1 Å². The third kappa shape index (κ3) is 3.43. The highest BCUT2D eigenvalue weighted by Crippen LogP contribution is 2.26. The van der Waals surface area contributed by atoms with Crippen LogP contribution in [-0.4, -0.2) is 24.4 Å². The number of rotatable bonds is 4. The molecule has 0 unspecified atom stereocenters. The minimum absolute atomic E-state index is 0.324. The molecule has 0 bridgehead atoms. The van der Waals surface area contributed by atoms with Crippen LogP contribution < -0.4 is 5.32 Å². The van der Waals surface area contributed by atoms with Crippen molar-refractivity contribution in [1.29, 1.82) is 0 Å². The monoisotopic (exact) mass is 380 g/mol. The predicted octanol–water partition coefficient (Wildman–Crippen LogP) is 4.59. The molecule has 0 amide bonds. The van der Waals surface area contributed by atoms with E-state index in [9.17, 15) is 4.39 Å². The van der Waals surface area contributed by atoms with Crippen LogP contribution >= 0.6 is 11.5 Å². The lowest BCUT2D eigenvalue weighted by Gasteiger charge is -2.05. The van der Waals surface area contributed by atoms with Gasteiger partial charge in [0.2, 0.25) is 5.13 Å². The first-order valence-corrected chi connectivity index (χ1v) is 9.15. The van der Waals surface area contributed by atoms with E-state index in [-0.39, 0.29) is 5.82 Å². The van der Waals surface area contributed by atoms with Gasteiger partial charge in [0.25, 0.3) is 0 Å². The summed E-state index contributed by atoms with van der Waals surface area (Å²) in [5.41, 5.74) is 5.33. The van der Waals surface area contributed by atoms with Crippen molar-refractivity contribution in [3.63, 3.8) is 0 Å². The molecule has 2 heterocycles. The normalized spacial score (nSPS) is 11.0. The van der Waals surface area contributed by atoms with Gasteiger partial charge in [-0.2, -0.15) is 9.36 Å². The third-order valence-electron chi connectivity index (χ3n) is 4.34. The number of anilines is 2. The number of nitrogens with one attached hydrogen (secondary N) is 1. The van der Waals surface area contributed by atoms with Crippen LogP contribution in [0, 0.1) is 26.6 Å². The predicted molar refractivity (Wildman–Crippen MR) is 104 cm³/mol. The van der Waals surface area contributed by atoms with Crippen molar-refractivity contribution in [2.75, 3.05) is 5.32 Å². The van der Waals surface area contributed by atoms with Gasteiger partial charge in [0, 0.05) is 17.2 Å². The van der Waals surface area contributed by atoms with E-state index in [0.29, 0.717) is 22.3 Å². The molecule has 0 aliphatic carbocycles. The first-order chi connectivity index (χ1) is 13.0. The number of hydrogen-bond acceptors (Lipinski definition) is 6. The molecule has 4 rings (SSSR count). The zero-order valence-corrected chi connectivity index (χ0v) is 15.9. The van der Waals surface area contributed by atoms with Crippen molar-refractivity contribution >= 4 is 22.4 Å². The smallest absolute Gasteiger partial charge is 0.207 e. The van der Waals surface area contributed by atoms with Gasteiger partial charge in [0.1, 0.15) is 5.82 Å². The molecule has 0 saturated heterocycles. The van der Waals surface area contributed by atoms with Crippen LogP contribution in [0.5, 0.6) is 0 Å². The average molecular weight is 380 g/mol. The number of aryl methyl sites for hydroxylation is 2. The van der Waals surface area contributed by atoms with Crippen molar-refractivity contribution < 1.29 is 4.39 Å². The van der Waals surface area contributed by atoms with Gasteiger partial charge in [-0.05, 0) is 62.2 Å². The van der Waals surface area contributed by atoms with Crippen LogP contribution in [0.1, 0.15) is 16.8 Å². The Morgan fingerprint density at radius 3 is 2.67 bits per heavy atom. The number of aromatic nitrogens is 5. The molecule has 0 saturated carbocycles. The van der Waals surface area contributed by atoms with E-state index < -0.39 is 0 Å². The lowest BCUT2D eigenvalue weighted by atomic mass is 10.1. The first-order valence-electron chi connectivity index (χ1n) is 8.38. The number of hydrogen-bond donors (Lipinski definition) is 1. The van der Waals surface area contributed by atoms with Crippen LogP contribution in [-0.2, 0) is 0 Å². The van der Waals surface area contributed by atoms with E-state index >= 15 is 0 Å². The zero-order chi connectivity index (χ0) is 19.0. The summed E-state index contributed by atoms with van der Waals surface area (Å²) in [6.07, 6.45) is 0. The van der Waals surface area contributed by atoms with E-state index in [1.54, 1.807) is 16.8 Å². The van der Waals surface area contributed by atoms with Crippen molar-refractivity contribution in [1.82, 2.24) is 24.4 Å². The molecule has 6 nitrogen and oxygen atoms in total. The van der Waals surface area contributed by atoms with Crippen LogP contribution in [0.4, 0.5) is 15.2 Å². The summed E-state index contributed by atoms with van der Waals surface area (Å²) >= 11 is 1.26. The Hall–Kier alpha value is -3.13. The van der Waals surface area contributed by atoms with Gasteiger partial charge in [-0.25, -0.2) is 9.07 Å². The Bertz CT molecular complexity index is 1120. The Morgan fingerprint density at radius 2 is 1.89 bits per heavy atom. The van der Waals surface area contributed by atoms with E-state index in [4.69, 9.17) is 0 Å². The van der Waals surface area contributed by atoms with Crippen LogP contribution in [0.2, 0.25) is 0 Å². The quantitative estimate of drug-likeness (QED) is 0.561. The second-order valence-electron chi connectivity index (χ2n) is 6.26. The molecule has 1 N–H and O–H groups in total. The lowest BCUT2D eigenvalue weighted by molar-refractivity contribution is 0.624. The third-order valence-corrected chi connectivity index (χ3v) is 4.97. The molecule has 27 heavy (non-hydrogen) atoms. The summed E-state index contributed by atoms with van der Waals surface area (Å²) in [6.45, 7) is 6.00. The minimum Gasteiger partial charge on any atom is -0.330 e. The molecule has 136 valence electrons. The average Bonchev–Trinajstić information content (AvgIpc) is 3.24. The standard InChI is InChI=1S/C19H17FN6S/c1-11-7-8-15(9-12(11)2)21-19-22-18(24-27-19)17-13(3)26(25-23-17)16-6-4-5-14(20)10-16/h4-10H,1-3H3,(H,21,22,24). The second-order valence-corrected chi connectivity index (χ2v) is 7.01. The Kier molecular flexibility index (Phi) is 4.41. The molecule has 0 aliphatic heterocycles. The van der Waals surface area contributed by atoms with Gasteiger partial charge in [-0.15, -0.1) is 5.10 Å². The molecule has 0 radical (unpaired) electrons. The fraction of sp³-hybridized carbons (Fsp3) is 0.158. The van der Waals surface area contributed by atoms with E-state index in [0.717, 1.165) is 11.4 Å². The Balaban J connectivity index is 1.61. The van der Waals surface area contributed by atoms with Gasteiger partial charge in [-0.1, -0.05) is 17.3 Å². The molecule has 4 aromatic rings. The summed E-state index contributed by atoms with van der Waals surface area (Å²) in [4.78, 5) is 4.52. The van der Waals surface area contributed by atoms with Gasteiger partial charge >= 0.3 is 0 Å². The Labute approximate surface area is 159 Å². The molecule has 0 atom stereocenters. The summed E-state index contributed by atoms with van der Waals surface area (Å²) in [5, 5.41) is 12.2. The Morgan fingerprint density at radius 1 is 1.04 bits per heavy atom. The topological polar surface area (TPSA) is 68.5 Å². The van der Waals surface area contributed by atoms with Gasteiger partial charge in [0.15, 0.2) is 11.5 Å². The molecular weight excluding hydrogens is 363 g/mol. The summed E-state index contributed by atoms with van der Waals surface area (Å²) in [5.74, 6) is 0.169. The number of benzene rings is 2. The fourth-order valence-corrected chi connectivity index (χ4v) is 3.29. The molecule has 2 aromatic heterocycles. The molecule has 0 aliphatic rings. The molecule has 8 heteroatoms. The lowest BCUT2D eigenvalue weighted by Crippen LogP contribution is -1.99. The zero-order valence-electron chi connectivity index (χ0n) is 15.1. The maximum absolute atomic E-state index is 13.5.